The molecule has 1 saturated carbocycles. The lowest BCUT2D eigenvalue weighted by molar-refractivity contribution is -0.117. The van der Waals surface area contributed by atoms with Crippen LogP contribution in [0.1, 0.15) is 23.2 Å². The van der Waals surface area contributed by atoms with Gasteiger partial charge in [-0.3, -0.25) is 9.59 Å². The van der Waals surface area contributed by atoms with Gasteiger partial charge in [-0.15, -0.1) is 11.7 Å². The van der Waals surface area contributed by atoms with Crippen molar-refractivity contribution in [2.75, 3.05) is 10.6 Å². The number of anilines is 1. The van der Waals surface area contributed by atoms with Crippen LogP contribution in [0, 0.1) is 5.92 Å². The van der Waals surface area contributed by atoms with Crippen LogP contribution >= 0.6 is 27.1 Å². The zero-order valence-electron chi connectivity index (χ0n) is 10.2. The van der Waals surface area contributed by atoms with Crippen LogP contribution in [0.3, 0.4) is 0 Å². The van der Waals surface area contributed by atoms with Gasteiger partial charge in [0.15, 0.2) is 5.78 Å². The molecule has 1 aromatic carbocycles. The zero-order chi connectivity index (χ0) is 14.9. The fraction of sp³-hybridized carbons (Fsp3) is 0.333. The van der Waals surface area contributed by atoms with Gasteiger partial charge in [0.05, 0.1) is 10.2 Å². The molecule has 1 amide bonds. The number of alkyl halides is 1. The molecule has 0 aromatic heterocycles. The summed E-state index contributed by atoms with van der Waals surface area (Å²) in [6.45, 7) is 0. The fourth-order valence-corrected chi connectivity index (χ4v) is 2.48. The van der Waals surface area contributed by atoms with E-state index >= 15 is 0 Å². The van der Waals surface area contributed by atoms with Gasteiger partial charge in [0, 0.05) is 17.2 Å². The number of Topliss-reactive ketones (excluding diaryl/α,β-unsaturated/α-hetero) is 1. The van der Waals surface area contributed by atoms with Crippen LogP contribution in [0.25, 0.3) is 0 Å². The van der Waals surface area contributed by atoms with Crippen molar-refractivity contribution in [1.82, 2.24) is 0 Å². The molecule has 0 radical (unpaired) electrons. The monoisotopic (exact) mass is 369 g/mol. The van der Waals surface area contributed by atoms with E-state index in [1.807, 2.05) is 0 Å². The number of amides is 1. The molecule has 1 aromatic rings. The molecule has 0 atom stereocenters. The van der Waals surface area contributed by atoms with Gasteiger partial charge in [-0.1, -0.05) is 15.9 Å². The molecule has 2 rings (SSSR count). The van der Waals surface area contributed by atoms with E-state index in [1.54, 1.807) is 0 Å². The number of benzene rings is 1. The number of hydrogen-bond donors (Lipinski definition) is 1. The molecule has 110 valence electrons. The van der Waals surface area contributed by atoms with Gasteiger partial charge in [0.1, 0.15) is 0 Å². The Kier molecular flexibility index (Phi) is 4.43. The average molecular weight is 370 g/mol. The van der Waals surface area contributed by atoms with Crippen molar-refractivity contribution in [2.24, 2.45) is 5.92 Å². The van der Waals surface area contributed by atoms with Gasteiger partial charge in [-0.25, -0.2) is 0 Å². The van der Waals surface area contributed by atoms with E-state index in [1.165, 1.54) is 6.07 Å². The van der Waals surface area contributed by atoms with E-state index in [2.05, 4.69) is 21.2 Å². The third-order valence-corrected chi connectivity index (χ3v) is 4.11. The molecule has 0 aliphatic heterocycles. The van der Waals surface area contributed by atoms with Crippen LogP contribution in [0.4, 0.5) is 17.3 Å². The van der Waals surface area contributed by atoms with Gasteiger partial charge >= 0.3 is 0 Å². The van der Waals surface area contributed by atoms with Crippen molar-refractivity contribution in [3.05, 3.63) is 23.8 Å². The van der Waals surface area contributed by atoms with Crippen molar-refractivity contribution >= 4 is 44.5 Å². The molecule has 20 heavy (non-hydrogen) atoms. The Bertz CT molecular complexity index is 558. The lowest BCUT2D eigenvalue weighted by Gasteiger charge is -2.14. The summed E-state index contributed by atoms with van der Waals surface area (Å²) in [5.74, 6) is -0.874. The lowest BCUT2D eigenvalue weighted by atomic mass is 10.1. The largest absolute Gasteiger partial charge is 0.326 e. The van der Waals surface area contributed by atoms with Crippen LogP contribution in [0.2, 0.25) is 0 Å². The Morgan fingerprint density at radius 3 is 2.40 bits per heavy atom. The standard InChI is InChI=1S/C12H11BrF3NO2S/c13-6-11(18)8-3-9(17-12(19)7-1-2-7)5-10(4-8)20(14,15)16/h3-5,7H,1-2,6H2,(H,17,19). The van der Waals surface area contributed by atoms with Crippen molar-refractivity contribution in [3.8, 4) is 0 Å². The third-order valence-electron chi connectivity index (χ3n) is 2.83. The first-order chi connectivity index (χ1) is 9.31. The summed E-state index contributed by atoms with van der Waals surface area (Å²) in [5, 5.41) is 2.37. The number of nitrogens with one attached hydrogen (secondary N) is 1. The van der Waals surface area contributed by atoms with E-state index in [0.717, 1.165) is 25.0 Å². The van der Waals surface area contributed by atoms with E-state index < -0.39 is 21.9 Å². The third kappa shape index (κ3) is 3.76. The van der Waals surface area contributed by atoms with Crippen molar-refractivity contribution in [3.63, 3.8) is 0 Å². The highest BCUT2D eigenvalue weighted by atomic mass is 79.9. The smallest absolute Gasteiger partial charge is 0.237 e. The van der Waals surface area contributed by atoms with Crippen molar-refractivity contribution < 1.29 is 21.2 Å². The summed E-state index contributed by atoms with van der Waals surface area (Å²) in [6, 6.07) is 2.98. The van der Waals surface area contributed by atoms with E-state index in [4.69, 9.17) is 0 Å². The number of halogens is 4. The maximum absolute atomic E-state index is 12.9. The van der Waals surface area contributed by atoms with Crippen LogP contribution in [-0.4, -0.2) is 17.0 Å². The number of ketones is 1. The number of rotatable bonds is 5. The summed E-state index contributed by atoms with van der Waals surface area (Å²) in [6.07, 6.45) is 1.51. The van der Waals surface area contributed by atoms with E-state index in [9.17, 15) is 21.2 Å². The Morgan fingerprint density at radius 1 is 1.25 bits per heavy atom. The molecule has 0 bridgehead atoms. The van der Waals surface area contributed by atoms with Gasteiger partial charge < -0.3 is 5.32 Å². The fourth-order valence-electron chi connectivity index (χ4n) is 1.63. The summed E-state index contributed by atoms with van der Waals surface area (Å²) in [5.41, 5.74) is -0.0381. The predicted molar refractivity (Wildman–Crippen MR) is 75.1 cm³/mol. The van der Waals surface area contributed by atoms with Crippen LogP contribution < -0.4 is 5.32 Å². The highest BCUT2D eigenvalue weighted by molar-refractivity contribution is 9.09. The number of carbonyl (C=O) groups excluding carboxylic acids is 2. The van der Waals surface area contributed by atoms with E-state index in [0.29, 0.717) is 0 Å². The summed E-state index contributed by atoms with van der Waals surface area (Å²) in [7, 11) is 0. The van der Waals surface area contributed by atoms with Crippen molar-refractivity contribution in [2.45, 2.75) is 17.7 Å². The summed E-state index contributed by atoms with van der Waals surface area (Å²) >= 11 is -2.52. The molecule has 3 nitrogen and oxygen atoms in total. The highest BCUT2D eigenvalue weighted by Gasteiger charge is 2.31. The Labute approximate surface area is 124 Å². The Morgan fingerprint density at radius 2 is 1.90 bits per heavy atom. The summed E-state index contributed by atoms with van der Waals surface area (Å²) < 4.78 is 38.6. The molecule has 8 heteroatoms. The Hall–Kier alpha value is -1.02. The molecule has 0 saturated heterocycles. The molecular weight excluding hydrogens is 359 g/mol. The molecule has 1 fully saturated rings. The zero-order valence-corrected chi connectivity index (χ0v) is 12.6. The SMILES string of the molecule is O=C(CBr)c1cc(NC(=O)C2CC2)cc(S(F)(F)F)c1. The van der Waals surface area contributed by atoms with Crippen LogP contribution in [0.15, 0.2) is 23.1 Å². The minimum absolute atomic E-state index is 0.0218. The van der Waals surface area contributed by atoms with Gasteiger partial charge in [-0.05, 0) is 31.0 Å². The first kappa shape index (κ1) is 15.4. The van der Waals surface area contributed by atoms with Crippen LogP contribution in [0.5, 0.6) is 0 Å². The molecular formula is C12H11BrF3NO2S. The minimum Gasteiger partial charge on any atom is -0.326 e. The van der Waals surface area contributed by atoms with Gasteiger partial charge in [-0.2, -0.15) is 0 Å². The maximum atomic E-state index is 12.9. The van der Waals surface area contributed by atoms with Crippen molar-refractivity contribution in [1.29, 1.82) is 0 Å². The summed E-state index contributed by atoms with van der Waals surface area (Å²) in [4.78, 5) is 22.3. The first-order valence-electron chi connectivity index (χ1n) is 5.78. The number of hydrogen-bond acceptors (Lipinski definition) is 2. The Balaban J connectivity index is 2.34. The molecule has 0 spiro atoms. The molecule has 0 unspecified atom stereocenters. The van der Waals surface area contributed by atoms with E-state index in [-0.39, 0.29) is 28.4 Å². The quantitative estimate of drug-likeness (QED) is 0.616. The van der Waals surface area contributed by atoms with Gasteiger partial charge in [0.25, 0.3) is 0 Å². The first-order valence-corrected chi connectivity index (χ1v) is 8.24. The second kappa shape index (κ2) is 5.77. The molecule has 1 aliphatic carbocycles. The predicted octanol–water partition coefficient (Wildman–Crippen LogP) is 4.43. The second-order valence-electron chi connectivity index (χ2n) is 4.47. The lowest BCUT2D eigenvalue weighted by Crippen LogP contribution is -2.14. The second-order valence-corrected chi connectivity index (χ2v) is 6.32. The van der Waals surface area contributed by atoms with Crippen LogP contribution in [-0.2, 0) is 4.79 Å². The van der Waals surface area contributed by atoms with Gasteiger partial charge in [0.2, 0.25) is 17.1 Å². The molecule has 1 N–H and O–H groups in total. The minimum atomic E-state index is -5.45. The normalized spacial score (nSPS) is 15.8. The topological polar surface area (TPSA) is 46.2 Å². The average Bonchev–Trinajstić information content (AvgIpc) is 3.20. The number of carbonyl (C=O) groups is 2. The molecule has 1 aliphatic rings. The highest BCUT2D eigenvalue weighted by Crippen LogP contribution is 2.61. The maximum Gasteiger partial charge on any atom is 0.237 e. The molecule has 0 heterocycles.